The topological polar surface area (TPSA) is 52.6 Å². The average molecular weight is 284 g/mol. The van der Waals surface area contributed by atoms with Crippen LogP contribution in [-0.2, 0) is 0 Å². The molecule has 0 N–H and O–H groups in total. The van der Waals surface area contributed by atoms with Crippen molar-refractivity contribution in [1.82, 2.24) is 0 Å². The van der Waals surface area contributed by atoms with Gasteiger partial charge in [-0.25, -0.2) is 4.79 Å². The third-order valence-corrected chi connectivity index (χ3v) is 3.65. The second-order valence-corrected chi connectivity index (χ2v) is 5.16. The van der Waals surface area contributed by atoms with Crippen molar-refractivity contribution in [3.05, 3.63) is 51.6 Å². The minimum Gasteiger partial charge on any atom is -0.497 e. The minimum absolute atomic E-state index is 0.377. The molecule has 3 rings (SSSR count). The number of hydrogen-bond acceptors (Lipinski definition) is 4. The van der Waals surface area contributed by atoms with Crippen molar-refractivity contribution in [3.63, 3.8) is 0 Å². The summed E-state index contributed by atoms with van der Waals surface area (Å²) < 4.78 is 16.3. The first kappa shape index (κ1) is 13.5. The van der Waals surface area contributed by atoms with Gasteiger partial charge in [0, 0.05) is 17.2 Å². The monoisotopic (exact) mass is 284 g/mol. The fraction of sp³-hybridized carbons (Fsp3) is 0.235. The fourth-order valence-electron chi connectivity index (χ4n) is 2.46. The molecule has 2 aromatic heterocycles. The maximum Gasteiger partial charge on any atom is 0.347 e. The maximum absolute atomic E-state index is 12.2. The number of aryl methyl sites for hydroxylation is 3. The van der Waals surface area contributed by atoms with Gasteiger partial charge in [-0.3, -0.25) is 0 Å². The number of hydrogen-bond donors (Lipinski definition) is 0. The van der Waals surface area contributed by atoms with E-state index in [0.29, 0.717) is 16.7 Å². The lowest BCUT2D eigenvalue weighted by Gasteiger charge is -2.06. The number of benzene rings is 1. The van der Waals surface area contributed by atoms with E-state index in [9.17, 15) is 4.79 Å². The maximum atomic E-state index is 12.2. The zero-order chi connectivity index (χ0) is 15.1. The first-order chi connectivity index (χ1) is 9.99. The molecular weight excluding hydrogens is 268 g/mol. The molecule has 0 bridgehead atoms. The van der Waals surface area contributed by atoms with E-state index in [2.05, 4.69) is 0 Å². The summed E-state index contributed by atoms with van der Waals surface area (Å²) in [6, 6.07) is 7.45. The van der Waals surface area contributed by atoms with Gasteiger partial charge in [0.05, 0.1) is 7.11 Å². The van der Waals surface area contributed by atoms with Gasteiger partial charge < -0.3 is 13.6 Å². The van der Waals surface area contributed by atoms with Crippen molar-refractivity contribution in [2.45, 2.75) is 20.8 Å². The van der Waals surface area contributed by atoms with Gasteiger partial charge in [0.25, 0.3) is 0 Å². The molecule has 2 heterocycles. The van der Waals surface area contributed by atoms with Crippen LogP contribution in [-0.4, -0.2) is 7.11 Å². The van der Waals surface area contributed by atoms with Gasteiger partial charge in [-0.2, -0.15) is 0 Å². The van der Waals surface area contributed by atoms with E-state index in [1.165, 1.54) is 0 Å². The predicted octanol–water partition coefficient (Wildman–Crippen LogP) is 3.99. The van der Waals surface area contributed by atoms with Crippen molar-refractivity contribution in [3.8, 4) is 17.1 Å². The van der Waals surface area contributed by atoms with Crippen LogP contribution in [0, 0.1) is 20.8 Å². The summed E-state index contributed by atoms with van der Waals surface area (Å²) in [7, 11) is 1.61. The Morgan fingerprint density at radius 2 is 1.76 bits per heavy atom. The quantitative estimate of drug-likeness (QED) is 0.714. The van der Waals surface area contributed by atoms with E-state index in [-0.39, 0.29) is 5.63 Å². The molecule has 4 heteroatoms. The fourth-order valence-corrected chi connectivity index (χ4v) is 2.46. The van der Waals surface area contributed by atoms with Crippen LogP contribution in [0.25, 0.3) is 22.3 Å². The highest BCUT2D eigenvalue weighted by atomic mass is 16.5. The molecule has 0 fully saturated rings. The molecule has 21 heavy (non-hydrogen) atoms. The lowest BCUT2D eigenvalue weighted by molar-refractivity contribution is 0.414. The Hall–Kier alpha value is -2.49. The Morgan fingerprint density at radius 1 is 1.00 bits per heavy atom. The number of rotatable bonds is 2. The van der Waals surface area contributed by atoms with Gasteiger partial charge >= 0.3 is 5.63 Å². The van der Waals surface area contributed by atoms with Crippen LogP contribution in [0.1, 0.15) is 16.9 Å². The van der Waals surface area contributed by atoms with E-state index >= 15 is 0 Å². The Bertz CT molecular complexity index is 884. The molecule has 0 aliphatic carbocycles. The van der Waals surface area contributed by atoms with Crippen LogP contribution in [0.15, 0.2) is 37.9 Å². The average Bonchev–Trinajstić information content (AvgIpc) is 2.73. The third kappa shape index (κ3) is 2.23. The van der Waals surface area contributed by atoms with E-state index in [1.54, 1.807) is 13.2 Å². The molecule has 3 aromatic rings. The summed E-state index contributed by atoms with van der Waals surface area (Å²) in [4.78, 5) is 12.2. The van der Waals surface area contributed by atoms with E-state index in [1.807, 2.05) is 39.0 Å². The SMILES string of the molecule is COc1cc(C)cc(-c2cc3oc(C)c(C)c3c(=O)o2)c1. The minimum atomic E-state index is -0.377. The number of methoxy groups -OCH3 is 1. The highest BCUT2D eigenvalue weighted by Crippen LogP contribution is 2.29. The number of fused-ring (bicyclic) bond motifs is 1. The van der Waals surface area contributed by atoms with Crippen LogP contribution in [0.4, 0.5) is 0 Å². The highest BCUT2D eigenvalue weighted by Gasteiger charge is 2.15. The molecule has 0 aliphatic heterocycles. The molecule has 0 atom stereocenters. The summed E-state index contributed by atoms with van der Waals surface area (Å²) >= 11 is 0. The molecule has 4 nitrogen and oxygen atoms in total. The standard InChI is InChI=1S/C17H16O4/c1-9-5-12(7-13(6-9)19-4)14-8-15-16(17(18)21-14)10(2)11(3)20-15/h5-8H,1-4H3. The molecule has 0 spiro atoms. The van der Waals surface area contributed by atoms with Crippen molar-refractivity contribution < 1.29 is 13.6 Å². The summed E-state index contributed by atoms with van der Waals surface area (Å²) in [5.41, 5.74) is 2.82. The van der Waals surface area contributed by atoms with Crippen LogP contribution >= 0.6 is 0 Å². The predicted molar refractivity (Wildman–Crippen MR) is 80.9 cm³/mol. The van der Waals surface area contributed by atoms with Gasteiger partial charge in [-0.15, -0.1) is 0 Å². The normalized spacial score (nSPS) is 11.0. The van der Waals surface area contributed by atoms with Crippen LogP contribution < -0.4 is 10.4 Å². The Labute approximate surface area is 122 Å². The number of furan rings is 1. The molecule has 1 aromatic carbocycles. The molecule has 0 unspecified atom stereocenters. The van der Waals surface area contributed by atoms with E-state index in [0.717, 1.165) is 28.2 Å². The first-order valence-corrected chi connectivity index (χ1v) is 6.69. The van der Waals surface area contributed by atoms with Gasteiger partial charge in [0.1, 0.15) is 28.2 Å². The lowest BCUT2D eigenvalue weighted by Crippen LogP contribution is -2.00. The summed E-state index contributed by atoms with van der Waals surface area (Å²) in [6.07, 6.45) is 0. The van der Waals surface area contributed by atoms with Crippen molar-refractivity contribution >= 4 is 11.0 Å². The van der Waals surface area contributed by atoms with Crippen molar-refractivity contribution in [2.24, 2.45) is 0 Å². The zero-order valence-corrected chi connectivity index (χ0v) is 12.4. The van der Waals surface area contributed by atoms with Crippen LogP contribution in [0.2, 0.25) is 0 Å². The molecule has 0 aliphatic rings. The molecule has 0 amide bonds. The summed E-state index contributed by atoms with van der Waals surface area (Å²) in [6.45, 7) is 5.65. The second-order valence-electron chi connectivity index (χ2n) is 5.16. The lowest BCUT2D eigenvalue weighted by atomic mass is 10.1. The summed E-state index contributed by atoms with van der Waals surface area (Å²) in [5, 5.41) is 0.510. The van der Waals surface area contributed by atoms with Gasteiger partial charge in [0.15, 0.2) is 0 Å². The smallest absolute Gasteiger partial charge is 0.347 e. The van der Waals surface area contributed by atoms with Gasteiger partial charge in [-0.1, -0.05) is 0 Å². The molecular formula is C17H16O4. The Balaban J connectivity index is 2.26. The van der Waals surface area contributed by atoms with Crippen molar-refractivity contribution in [1.29, 1.82) is 0 Å². The van der Waals surface area contributed by atoms with Gasteiger partial charge in [0.2, 0.25) is 0 Å². The second kappa shape index (κ2) is 4.81. The van der Waals surface area contributed by atoms with Gasteiger partial charge in [-0.05, 0) is 44.5 Å². The Kier molecular flexibility index (Phi) is 3.09. The Morgan fingerprint density at radius 3 is 2.48 bits per heavy atom. The van der Waals surface area contributed by atoms with Crippen LogP contribution in [0.5, 0.6) is 5.75 Å². The largest absolute Gasteiger partial charge is 0.497 e. The molecule has 0 radical (unpaired) electrons. The zero-order valence-electron chi connectivity index (χ0n) is 12.4. The molecule has 0 saturated heterocycles. The summed E-state index contributed by atoms with van der Waals surface area (Å²) in [5.74, 6) is 1.93. The number of ether oxygens (including phenoxy) is 1. The van der Waals surface area contributed by atoms with Crippen LogP contribution in [0.3, 0.4) is 0 Å². The third-order valence-electron chi connectivity index (χ3n) is 3.65. The van der Waals surface area contributed by atoms with E-state index in [4.69, 9.17) is 13.6 Å². The highest BCUT2D eigenvalue weighted by molar-refractivity contribution is 5.83. The molecule has 0 saturated carbocycles. The first-order valence-electron chi connectivity index (χ1n) is 6.69. The molecule has 108 valence electrons. The van der Waals surface area contributed by atoms with Crippen molar-refractivity contribution in [2.75, 3.05) is 7.11 Å². The van der Waals surface area contributed by atoms with E-state index < -0.39 is 0 Å².